The van der Waals surface area contributed by atoms with Crippen LogP contribution in [0.5, 0.6) is 0 Å². The molecule has 2 amide bonds. The molecule has 6 heteroatoms. The molecular weight excluding hydrogens is 294 g/mol. The van der Waals surface area contributed by atoms with Crippen molar-refractivity contribution in [1.29, 1.82) is 0 Å². The second-order valence-corrected chi connectivity index (χ2v) is 5.94. The number of nitrogens with zero attached hydrogens (tertiary/aromatic N) is 1. The molecule has 1 aliphatic rings. The molecule has 126 valence electrons. The van der Waals surface area contributed by atoms with Crippen LogP contribution in [0.25, 0.3) is 0 Å². The molecule has 0 aromatic heterocycles. The molecule has 2 rings (SSSR count). The van der Waals surface area contributed by atoms with Crippen molar-refractivity contribution in [2.45, 2.75) is 33.0 Å². The molecule has 23 heavy (non-hydrogen) atoms. The van der Waals surface area contributed by atoms with Gasteiger partial charge in [0, 0.05) is 30.9 Å². The summed E-state index contributed by atoms with van der Waals surface area (Å²) in [5.41, 5.74) is 1.17. The number of amides is 2. The lowest BCUT2D eigenvalue weighted by atomic mass is 10.2. The number of hydrogen-bond acceptors (Lipinski definition) is 4. The maximum absolute atomic E-state index is 12.2. The van der Waals surface area contributed by atoms with Gasteiger partial charge in [-0.25, -0.2) is 0 Å². The number of carbonyl (C=O) groups is 2. The Morgan fingerprint density at radius 3 is 2.61 bits per heavy atom. The molecule has 1 heterocycles. The zero-order valence-electron chi connectivity index (χ0n) is 14.0. The molecule has 1 aliphatic heterocycles. The second kappa shape index (κ2) is 8.08. The van der Waals surface area contributed by atoms with Gasteiger partial charge < -0.3 is 15.4 Å². The number of morpholine rings is 1. The first-order valence-corrected chi connectivity index (χ1v) is 8.04. The van der Waals surface area contributed by atoms with Gasteiger partial charge >= 0.3 is 0 Å². The van der Waals surface area contributed by atoms with Crippen molar-refractivity contribution in [3.8, 4) is 0 Å². The van der Waals surface area contributed by atoms with Crippen molar-refractivity contribution in [3.63, 3.8) is 0 Å². The third-order valence-electron chi connectivity index (χ3n) is 3.61. The third-order valence-corrected chi connectivity index (χ3v) is 3.61. The third kappa shape index (κ3) is 5.33. The number of rotatable bonds is 5. The highest BCUT2D eigenvalue weighted by Crippen LogP contribution is 2.13. The second-order valence-electron chi connectivity index (χ2n) is 5.94. The van der Waals surface area contributed by atoms with Crippen LogP contribution in [0.1, 0.15) is 31.1 Å². The van der Waals surface area contributed by atoms with Crippen LogP contribution in [0.4, 0.5) is 5.69 Å². The Labute approximate surface area is 137 Å². The number of hydrogen-bond donors (Lipinski definition) is 2. The van der Waals surface area contributed by atoms with E-state index in [9.17, 15) is 9.59 Å². The van der Waals surface area contributed by atoms with E-state index >= 15 is 0 Å². The quantitative estimate of drug-likeness (QED) is 0.862. The number of anilines is 1. The molecule has 2 atom stereocenters. The van der Waals surface area contributed by atoms with Crippen LogP contribution in [-0.4, -0.2) is 55.1 Å². The van der Waals surface area contributed by atoms with E-state index < -0.39 is 0 Å². The van der Waals surface area contributed by atoms with E-state index in [1.165, 1.54) is 0 Å². The van der Waals surface area contributed by atoms with Crippen molar-refractivity contribution >= 4 is 17.5 Å². The molecule has 0 unspecified atom stereocenters. The van der Waals surface area contributed by atoms with Gasteiger partial charge in [0.25, 0.3) is 5.91 Å². The van der Waals surface area contributed by atoms with Gasteiger partial charge in [-0.05, 0) is 39.0 Å². The maximum atomic E-state index is 12.2. The summed E-state index contributed by atoms with van der Waals surface area (Å²) in [4.78, 5) is 26.1. The lowest BCUT2D eigenvalue weighted by molar-refractivity contribution is -0.121. The van der Waals surface area contributed by atoms with Gasteiger partial charge in [0.15, 0.2) is 0 Å². The maximum Gasteiger partial charge on any atom is 0.251 e. The molecule has 6 nitrogen and oxygen atoms in total. The van der Waals surface area contributed by atoms with Gasteiger partial charge in [-0.15, -0.1) is 0 Å². The standard InChI is InChI=1S/C17H25N3O3/c1-4-18-17(22)14-6-5-7-15(8-14)19-16(21)11-20-9-12(2)23-13(3)10-20/h5-8,12-13H,4,9-11H2,1-3H3,(H,18,22)(H,19,21)/t12-,13-/m1/s1. The monoisotopic (exact) mass is 319 g/mol. The molecule has 1 aromatic rings. The average Bonchev–Trinajstić information content (AvgIpc) is 2.46. The van der Waals surface area contributed by atoms with E-state index in [1.54, 1.807) is 24.3 Å². The van der Waals surface area contributed by atoms with Gasteiger partial charge in [-0.1, -0.05) is 6.07 Å². The average molecular weight is 319 g/mol. The first-order chi connectivity index (χ1) is 11.0. The summed E-state index contributed by atoms with van der Waals surface area (Å²) in [6.45, 7) is 8.28. The van der Waals surface area contributed by atoms with Crippen molar-refractivity contribution in [1.82, 2.24) is 10.2 Å². The Morgan fingerprint density at radius 1 is 1.26 bits per heavy atom. The molecular formula is C17H25N3O3. The van der Waals surface area contributed by atoms with Crippen LogP contribution >= 0.6 is 0 Å². The number of benzene rings is 1. The minimum Gasteiger partial charge on any atom is -0.373 e. The van der Waals surface area contributed by atoms with Gasteiger partial charge in [0.1, 0.15) is 0 Å². The molecule has 0 saturated carbocycles. The fourth-order valence-electron chi connectivity index (χ4n) is 2.82. The Kier molecular flexibility index (Phi) is 6.12. The Balaban J connectivity index is 1.92. The molecule has 1 saturated heterocycles. The summed E-state index contributed by atoms with van der Waals surface area (Å²) in [7, 11) is 0. The number of ether oxygens (including phenoxy) is 1. The summed E-state index contributed by atoms with van der Waals surface area (Å²) >= 11 is 0. The Hall–Kier alpha value is -1.92. The predicted molar refractivity (Wildman–Crippen MR) is 89.5 cm³/mol. The molecule has 1 fully saturated rings. The zero-order chi connectivity index (χ0) is 16.8. The van der Waals surface area contributed by atoms with Gasteiger partial charge in [0.05, 0.1) is 18.8 Å². The lowest BCUT2D eigenvalue weighted by Crippen LogP contribution is -2.48. The topological polar surface area (TPSA) is 70.7 Å². The summed E-state index contributed by atoms with van der Waals surface area (Å²) < 4.78 is 5.66. The summed E-state index contributed by atoms with van der Waals surface area (Å²) in [6, 6.07) is 6.96. The molecule has 2 N–H and O–H groups in total. The predicted octanol–water partition coefficient (Wildman–Crippen LogP) is 1.48. The van der Waals surface area contributed by atoms with E-state index in [-0.39, 0.29) is 24.0 Å². The SMILES string of the molecule is CCNC(=O)c1cccc(NC(=O)CN2C[C@@H](C)O[C@H](C)C2)c1. The molecule has 0 aliphatic carbocycles. The zero-order valence-corrected chi connectivity index (χ0v) is 14.0. The van der Waals surface area contributed by atoms with E-state index in [0.717, 1.165) is 13.1 Å². The van der Waals surface area contributed by atoms with E-state index in [0.29, 0.717) is 24.3 Å². The Morgan fingerprint density at radius 2 is 1.96 bits per heavy atom. The highest BCUT2D eigenvalue weighted by Gasteiger charge is 2.23. The minimum absolute atomic E-state index is 0.0839. The fraction of sp³-hybridized carbons (Fsp3) is 0.529. The van der Waals surface area contributed by atoms with Crippen LogP contribution in [-0.2, 0) is 9.53 Å². The van der Waals surface area contributed by atoms with E-state index in [4.69, 9.17) is 4.74 Å². The first-order valence-electron chi connectivity index (χ1n) is 8.04. The smallest absolute Gasteiger partial charge is 0.251 e. The number of carbonyl (C=O) groups excluding carboxylic acids is 2. The fourth-order valence-corrected chi connectivity index (χ4v) is 2.82. The largest absolute Gasteiger partial charge is 0.373 e. The van der Waals surface area contributed by atoms with Crippen LogP contribution in [0.3, 0.4) is 0 Å². The molecule has 0 bridgehead atoms. The lowest BCUT2D eigenvalue weighted by Gasteiger charge is -2.34. The van der Waals surface area contributed by atoms with Crippen molar-refractivity contribution in [2.75, 3.05) is 31.5 Å². The van der Waals surface area contributed by atoms with Crippen LogP contribution in [0, 0.1) is 0 Å². The van der Waals surface area contributed by atoms with Crippen molar-refractivity contribution < 1.29 is 14.3 Å². The molecule has 1 aromatic carbocycles. The summed E-state index contributed by atoms with van der Waals surface area (Å²) in [5, 5.41) is 5.60. The van der Waals surface area contributed by atoms with Crippen LogP contribution < -0.4 is 10.6 Å². The molecule has 0 spiro atoms. The highest BCUT2D eigenvalue weighted by molar-refractivity contribution is 5.97. The van der Waals surface area contributed by atoms with Gasteiger partial charge in [-0.3, -0.25) is 14.5 Å². The number of nitrogens with one attached hydrogen (secondary N) is 2. The minimum atomic E-state index is -0.139. The van der Waals surface area contributed by atoms with E-state index in [2.05, 4.69) is 15.5 Å². The van der Waals surface area contributed by atoms with Gasteiger partial charge in [-0.2, -0.15) is 0 Å². The summed E-state index contributed by atoms with van der Waals surface area (Å²) in [5.74, 6) is -0.223. The normalized spacial score (nSPS) is 21.7. The highest BCUT2D eigenvalue weighted by atomic mass is 16.5. The van der Waals surface area contributed by atoms with Crippen molar-refractivity contribution in [3.05, 3.63) is 29.8 Å². The first kappa shape index (κ1) is 17.4. The van der Waals surface area contributed by atoms with Crippen LogP contribution in [0.15, 0.2) is 24.3 Å². The van der Waals surface area contributed by atoms with Crippen LogP contribution in [0.2, 0.25) is 0 Å². The van der Waals surface area contributed by atoms with E-state index in [1.807, 2.05) is 20.8 Å². The van der Waals surface area contributed by atoms with Crippen molar-refractivity contribution in [2.24, 2.45) is 0 Å². The summed E-state index contributed by atoms with van der Waals surface area (Å²) in [6.07, 6.45) is 0.264. The van der Waals surface area contributed by atoms with Gasteiger partial charge in [0.2, 0.25) is 5.91 Å². The Bertz CT molecular complexity index is 552. The molecule has 0 radical (unpaired) electrons.